The van der Waals surface area contributed by atoms with Crippen molar-refractivity contribution < 1.29 is 18.8 Å². The summed E-state index contributed by atoms with van der Waals surface area (Å²) in [6, 6.07) is 10.6. The van der Waals surface area contributed by atoms with E-state index in [9.17, 15) is 18.8 Å². The van der Waals surface area contributed by atoms with Crippen LogP contribution in [-0.4, -0.2) is 62.7 Å². The molecule has 1 aromatic heterocycles. The maximum Gasteiger partial charge on any atom is 0.327 e. The Labute approximate surface area is 174 Å². The number of likely N-dealkylation sites (N-methyl/N-ethyl adjacent to an activating group) is 1. The number of rotatable bonds is 4. The average molecular weight is 410 g/mol. The number of benzene rings is 1. The number of hydrogen-bond donors (Lipinski definition) is 0. The molecule has 30 heavy (non-hydrogen) atoms. The third-order valence-corrected chi connectivity index (χ3v) is 6.00. The van der Waals surface area contributed by atoms with Crippen LogP contribution in [0.3, 0.4) is 0 Å². The van der Waals surface area contributed by atoms with Crippen molar-refractivity contribution in [2.75, 3.05) is 19.6 Å². The van der Waals surface area contributed by atoms with E-state index in [2.05, 4.69) is 4.98 Å². The second-order valence-electron chi connectivity index (χ2n) is 7.58. The molecule has 0 saturated carbocycles. The molecule has 2 aliphatic heterocycles. The van der Waals surface area contributed by atoms with Crippen molar-refractivity contribution >= 4 is 17.8 Å². The summed E-state index contributed by atoms with van der Waals surface area (Å²) in [4.78, 5) is 47.1. The quantitative estimate of drug-likeness (QED) is 0.727. The Morgan fingerprint density at radius 2 is 1.83 bits per heavy atom. The highest BCUT2D eigenvalue weighted by Gasteiger charge is 2.57. The zero-order valence-corrected chi connectivity index (χ0v) is 16.8. The minimum absolute atomic E-state index is 0.0360. The molecule has 8 heteroatoms. The van der Waals surface area contributed by atoms with Gasteiger partial charge in [0.15, 0.2) is 5.82 Å². The van der Waals surface area contributed by atoms with E-state index in [0.29, 0.717) is 25.9 Å². The third-order valence-electron chi connectivity index (χ3n) is 6.00. The zero-order valence-electron chi connectivity index (χ0n) is 16.8. The summed E-state index contributed by atoms with van der Waals surface area (Å²) >= 11 is 0. The molecule has 0 N–H and O–H groups in total. The molecule has 0 radical (unpaired) electrons. The summed E-state index contributed by atoms with van der Waals surface area (Å²) in [6.45, 7) is 2.94. The molecule has 0 atom stereocenters. The number of urea groups is 1. The summed E-state index contributed by atoms with van der Waals surface area (Å²) in [5, 5.41) is 0. The number of hydrogen-bond acceptors (Lipinski definition) is 4. The monoisotopic (exact) mass is 410 g/mol. The van der Waals surface area contributed by atoms with Crippen molar-refractivity contribution in [3.8, 4) is 0 Å². The van der Waals surface area contributed by atoms with Crippen molar-refractivity contribution in [1.29, 1.82) is 0 Å². The van der Waals surface area contributed by atoms with E-state index < -0.39 is 17.3 Å². The number of aromatic nitrogens is 1. The summed E-state index contributed by atoms with van der Waals surface area (Å²) < 4.78 is 14.0. The van der Waals surface area contributed by atoms with Crippen LogP contribution in [0.2, 0.25) is 0 Å². The first-order valence-corrected chi connectivity index (χ1v) is 10.0. The number of halogens is 1. The summed E-state index contributed by atoms with van der Waals surface area (Å²) in [5.74, 6) is -1.31. The van der Waals surface area contributed by atoms with Crippen LogP contribution in [0.25, 0.3) is 0 Å². The van der Waals surface area contributed by atoms with E-state index in [0.717, 1.165) is 11.8 Å². The minimum Gasteiger partial charge on any atom is -0.338 e. The van der Waals surface area contributed by atoms with E-state index in [-0.39, 0.29) is 30.6 Å². The number of nitrogens with zero attached hydrogens (tertiary/aromatic N) is 4. The minimum atomic E-state index is -0.976. The first-order valence-electron chi connectivity index (χ1n) is 10.0. The first-order chi connectivity index (χ1) is 14.5. The smallest absolute Gasteiger partial charge is 0.327 e. The molecular formula is C22H23FN4O3. The Kier molecular flexibility index (Phi) is 5.24. The predicted molar refractivity (Wildman–Crippen MR) is 107 cm³/mol. The highest BCUT2D eigenvalue weighted by molar-refractivity contribution is 6.07. The Bertz CT molecular complexity index is 973. The van der Waals surface area contributed by atoms with Gasteiger partial charge in [-0.2, -0.15) is 0 Å². The SMILES string of the molecule is CCN1C(=O)N(Cc2ccccc2)C2(CCN(C(=O)c3ccncc3F)CC2)C1=O. The third kappa shape index (κ3) is 3.22. The van der Waals surface area contributed by atoms with Gasteiger partial charge in [0.25, 0.3) is 11.8 Å². The van der Waals surface area contributed by atoms with E-state index >= 15 is 0 Å². The van der Waals surface area contributed by atoms with Gasteiger partial charge in [-0.1, -0.05) is 30.3 Å². The zero-order chi connectivity index (χ0) is 21.3. The average Bonchev–Trinajstić information content (AvgIpc) is 2.96. The van der Waals surface area contributed by atoms with Crippen LogP contribution in [0.4, 0.5) is 9.18 Å². The molecule has 4 amide bonds. The molecule has 0 bridgehead atoms. The van der Waals surface area contributed by atoms with Crippen molar-refractivity contribution in [1.82, 2.24) is 19.7 Å². The molecule has 7 nitrogen and oxygen atoms in total. The van der Waals surface area contributed by atoms with E-state index in [4.69, 9.17) is 0 Å². The van der Waals surface area contributed by atoms with Gasteiger partial charge in [0.2, 0.25) is 0 Å². The number of likely N-dealkylation sites (tertiary alicyclic amines) is 1. The van der Waals surface area contributed by atoms with Crippen molar-refractivity contribution in [3.05, 3.63) is 65.7 Å². The second kappa shape index (κ2) is 7.85. The van der Waals surface area contributed by atoms with Crippen LogP contribution in [0, 0.1) is 5.82 Å². The highest BCUT2D eigenvalue weighted by atomic mass is 19.1. The maximum atomic E-state index is 14.0. The number of piperidine rings is 1. The fourth-order valence-electron chi connectivity index (χ4n) is 4.33. The molecule has 2 aliphatic rings. The molecule has 0 aliphatic carbocycles. The molecule has 1 aromatic carbocycles. The normalized spacial score (nSPS) is 18.4. The summed E-state index contributed by atoms with van der Waals surface area (Å²) in [7, 11) is 0. The lowest BCUT2D eigenvalue weighted by Crippen LogP contribution is -2.57. The standard InChI is InChI=1S/C22H23FN4O3/c1-2-26-20(29)22(27(21(26)30)15-16-6-4-3-5-7-16)9-12-25(13-10-22)19(28)17-8-11-24-14-18(17)23/h3-8,11,14H,2,9-10,12-13,15H2,1H3. The number of imide groups is 1. The lowest BCUT2D eigenvalue weighted by Gasteiger charge is -2.42. The largest absolute Gasteiger partial charge is 0.338 e. The van der Waals surface area contributed by atoms with Gasteiger partial charge in [-0.05, 0) is 31.4 Å². The summed E-state index contributed by atoms with van der Waals surface area (Å²) in [6.07, 6.45) is 3.03. The summed E-state index contributed by atoms with van der Waals surface area (Å²) in [5.41, 5.74) is -0.0734. The highest BCUT2D eigenvalue weighted by Crippen LogP contribution is 2.38. The molecule has 2 fully saturated rings. The molecule has 156 valence electrons. The van der Waals surface area contributed by atoms with E-state index in [1.54, 1.807) is 11.8 Å². The van der Waals surface area contributed by atoms with Crippen LogP contribution in [0.1, 0.15) is 35.7 Å². The number of carbonyl (C=O) groups excluding carboxylic acids is 3. The Morgan fingerprint density at radius 1 is 1.13 bits per heavy atom. The van der Waals surface area contributed by atoms with Crippen LogP contribution >= 0.6 is 0 Å². The van der Waals surface area contributed by atoms with Crippen LogP contribution in [0.15, 0.2) is 48.8 Å². The molecule has 2 saturated heterocycles. The van der Waals surface area contributed by atoms with Gasteiger partial charge in [-0.3, -0.25) is 19.5 Å². The van der Waals surface area contributed by atoms with Crippen molar-refractivity contribution in [3.63, 3.8) is 0 Å². The van der Waals surface area contributed by atoms with Crippen LogP contribution in [0.5, 0.6) is 0 Å². The molecule has 0 unspecified atom stereocenters. The van der Waals surface area contributed by atoms with Crippen LogP contribution in [-0.2, 0) is 11.3 Å². The molecular weight excluding hydrogens is 387 g/mol. The van der Waals surface area contributed by atoms with E-state index in [1.807, 2.05) is 30.3 Å². The molecule has 1 spiro atoms. The topological polar surface area (TPSA) is 73.8 Å². The predicted octanol–water partition coefficient (Wildman–Crippen LogP) is 2.68. The molecule has 3 heterocycles. The van der Waals surface area contributed by atoms with E-state index in [1.165, 1.54) is 22.1 Å². The second-order valence-corrected chi connectivity index (χ2v) is 7.58. The van der Waals surface area contributed by atoms with Crippen molar-refractivity contribution in [2.45, 2.75) is 31.8 Å². The fraction of sp³-hybridized carbons (Fsp3) is 0.364. The number of pyridine rings is 1. The van der Waals surface area contributed by atoms with Crippen molar-refractivity contribution in [2.24, 2.45) is 0 Å². The van der Waals surface area contributed by atoms with Gasteiger partial charge >= 0.3 is 6.03 Å². The first kappa shape index (κ1) is 20.0. The van der Waals surface area contributed by atoms with Gasteiger partial charge in [0.05, 0.1) is 11.8 Å². The Hall–Kier alpha value is -3.29. The van der Waals surface area contributed by atoms with Gasteiger partial charge in [0, 0.05) is 32.4 Å². The Balaban J connectivity index is 1.57. The molecule has 2 aromatic rings. The van der Waals surface area contributed by atoms with Gasteiger partial charge in [-0.25, -0.2) is 9.18 Å². The van der Waals surface area contributed by atoms with Gasteiger partial charge in [0.1, 0.15) is 5.54 Å². The van der Waals surface area contributed by atoms with Crippen LogP contribution < -0.4 is 0 Å². The molecule has 4 rings (SSSR count). The van der Waals surface area contributed by atoms with Gasteiger partial charge in [-0.15, -0.1) is 0 Å². The number of carbonyl (C=O) groups is 3. The van der Waals surface area contributed by atoms with Gasteiger partial charge < -0.3 is 9.80 Å². The fourth-order valence-corrected chi connectivity index (χ4v) is 4.33. The lowest BCUT2D eigenvalue weighted by atomic mass is 9.85. The maximum absolute atomic E-state index is 14.0. The Morgan fingerprint density at radius 3 is 2.47 bits per heavy atom. The lowest BCUT2D eigenvalue weighted by molar-refractivity contribution is -0.135. The number of amides is 4.